The highest BCUT2D eigenvalue weighted by Gasteiger charge is 2.12. The van der Waals surface area contributed by atoms with E-state index in [1.807, 2.05) is 6.92 Å². The van der Waals surface area contributed by atoms with Gasteiger partial charge in [0.05, 0.1) is 0 Å². The van der Waals surface area contributed by atoms with Crippen molar-refractivity contribution >= 4 is 17.9 Å². The van der Waals surface area contributed by atoms with Crippen LogP contribution in [0.25, 0.3) is 0 Å². The van der Waals surface area contributed by atoms with Crippen molar-refractivity contribution < 1.29 is 19.5 Å². The number of imide groups is 1. The topological polar surface area (TPSA) is 86.7 Å². The zero-order chi connectivity index (χ0) is 12.6. The third-order valence-electron chi connectivity index (χ3n) is 1.77. The van der Waals surface area contributed by atoms with Crippen molar-refractivity contribution in [1.29, 1.82) is 0 Å². The molecule has 6 nitrogen and oxygen atoms in total. The van der Waals surface area contributed by atoms with Gasteiger partial charge in [-0.25, -0.2) is 9.59 Å². The summed E-state index contributed by atoms with van der Waals surface area (Å²) in [6.45, 7) is 4.77. The van der Waals surface area contributed by atoms with Crippen molar-refractivity contribution in [3.63, 3.8) is 0 Å². The maximum Gasteiger partial charge on any atom is 0.328 e. The van der Waals surface area contributed by atoms with E-state index in [9.17, 15) is 14.4 Å². The van der Waals surface area contributed by atoms with E-state index in [4.69, 9.17) is 5.11 Å². The number of carbonyl (C=O) groups excluding carboxylic acids is 2. The molecule has 0 heterocycles. The molecule has 0 aromatic heterocycles. The van der Waals surface area contributed by atoms with Crippen molar-refractivity contribution in [2.45, 2.75) is 20.3 Å². The Balaban J connectivity index is 4.21. The minimum absolute atomic E-state index is 0.496. The molecule has 0 radical (unpaired) electrons. The van der Waals surface area contributed by atoms with Crippen molar-refractivity contribution in [2.24, 2.45) is 0 Å². The van der Waals surface area contributed by atoms with E-state index in [1.165, 1.54) is 4.90 Å². The van der Waals surface area contributed by atoms with Gasteiger partial charge in [0.15, 0.2) is 0 Å². The molecule has 0 fully saturated rings. The number of carboxylic acid groups (broad SMARTS) is 1. The molecule has 0 aromatic rings. The highest BCUT2D eigenvalue weighted by Crippen LogP contribution is 1.91. The van der Waals surface area contributed by atoms with E-state index in [1.54, 1.807) is 6.92 Å². The molecule has 0 aliphatic heterocycles. The van der Waals surface area contributed by atoms with Crippen molar-refractivity contribution in [3.05, 3.63) is 12.2 Å². The standard InChI is InChI=1S/C10H16N2O4/c1-3-7-12(4-2)10(16)11-8(13)5-6-9(14)15/h5-6H,3-4,7H2,1-2H3,(H,14,15)(H,11,13,16)/b6-5+. The molecule has 2 N–H and O–H groups in total. The minimum atomic E-state index is -1.23. The minimum Gasteiger partial charge on any atom is -0.478 e. The van der Waals surface area contributed by atoms with Crippen LogP contribution in [0.2, 0.25) is 0 Å². The first kappa shape index (κ1) is 14.2. The van der Waals surface area contributed by atoms with E-state index < -0.39 is 17.9 Å². The number of aliphatic carboxylic acids is 1. The average Bonchev–Trinajstić information content (AvgIpc) is 2.22. The van der Waals surface area contributed by atoms with Crippen molar-refractivity contribution in [2.75, 3.05) is 13.1 Å². The SMILES string of the molecule is CCCN(CC)C(=O)NC(=O)/C=C/C(=O)O. The van der Waals surface area contributed by atoms with Gasteiger partial charge in [0, 0.05) is 25.2 Å². The Labute approximate surface area is 93.9 Å². The summed E-state index contributed by atoms with van der Waals surface area (Å²) in [5.41, 5.74) is 0. The maximum absolute atomic E-state index is 11.4. The highest BCUT2D eigenvalue weighted by molar-refractivity contribution is 6.02. The molecular weight excluding hydrogens is 212 g/mol. The molecular formula is C10H16N2O4. The van der Waals surface area contributed by atoms with Crippen LogP contribution in [0.4, 0.5) is 4.79 Å². The number of urea groups is 1. The zero-order valence-corrected chi connectivity index (χ0v) is 9.40. The van der Waals surface area contributed by atoms with Crippen LogP contribution < -0.4 is 5.32 Å². The molecule has 3 amide bonds. The van der Waals surface area contributed by atoms with E-state index >= 15 is 0 Å². The largest absolute Gasteiger partial charge is 0.478 e. The number of rotatable bonds is 5. The number of carbonyl (C=O) groups is 3. The van der Waals surface area contributed by atoms with Crippen molar-refractivity contribution in [1.82, 2.24) is 10.2 Å². The van der Waals surface area contributed by atoms with E-state index in [0.29, 0.717) is 19.2 Å². The maximum atomic E-state index is 11.4. The first-order valence-electron chi connectivity index (χ1n) is 5.02. The first-order chi connectivity index (χ1) is 7.51. The molecule has 0 aliphatic carbocycles. The highest BCUT2D eigenvalue weighted by atomic mass is 16.4. The fourth-order valence-corrected chi connectivity index (χ4v) is 1.05. The Kier molecular flexibility index (Phi) is 6.58. The van der Waals surface area contributed by atoms with E-state index in [0.717, 1.165) is 12.5 Å². The van der Waals surface area contributed by atoms with E-state index in [-0.39, 0.29) is 0 Å². The lowest BCUT2D eigenvalue weighted by molar-refractivity contribution is -0.131. The predicted molar refractivity (Wildman–Crippen MR) is 57.9 cm³/mol. The number of amides is 3. The first-order valence-corrected chi connectivity index (χ1v) is 5.02. The van der Waals surface area contributed by atoms with Crippen LogP contribution >= 0.6 is 0 Å². The van der Waals surface area contributed by atoms with Crippen LogP contribution in [-0.2, 0) is 9.59 Å². The summed E-state index contributed by atoms with van der Waals surface area (Å²) in [6.07, 6.45) is 2.28. The van der Waals surface area contributed by atoms with Gasteiger partial charge >= 0.3 is 12.0 Å². The second-order valence-electron chi connectivity index (χ2n) is 3.05. The Hall–Kier alpha value is -1.85. The Bertz CT molecular complexity index is 299. The summed E-state index contributed by atoms with van der Waals surface area (Å²) in [6, 6.07) is -0.510. The third kappa shape index (κ3) is 5.79. The second kappa shape index (κ2) is 7.44. The molecule has 0 aliphatic rings. The van der Waals surface area contributed by atoms with Gasteiger partial charge in [0.1, 0.15) is 0 Å². The second-order valence-corrected chi connectivity index (χ2v) is 3.05. The summed E-state index contributed by atoms with van der Waals surface area (Å²) in [5.74, 6) is -1.97. The number of hydrogen-bond acceptors (Lipinski definition) is 3. The fourth-order valence-electron chi connectivity index (χ4n) is 1.05. The summed E-state index contributed by atoms with van der Waals surface area (Å²) in [5, 5.41) is 10.3. The lowest BCUT2D eigenvalue weighted by atomic mass is 10.4. The van der Waals surface area contributed by atoms with Crippen LogP contribution in [0.3, 0.4) is 0 Å². The fraction of sp³-hybridized carbons (Fsp3) is 0.500. The average molecular weight is 228 g/mol. The normalized spacial score (nSPS) is 10.1. The molecule has 0 unspecified atom stereocenters. The van der Waals surface area contributed by atoms with Gasteiger partial charge in [0.25, 0.3) is 5.91 Å². The number of nitrogens with one attached hydrogen (secondary N) is 1. The van der Waals surface area contributed by atoms with Crippen LogP contribution in [-0.4, -0.2) is 41.0 Å². The third-order valence-corrected chi connectivity index (χ3v) is 1.77. The Morgan fingerprint density at radius 3 is 2.31 bits per heavy atom. The summed E-state index contributed by atoms with van der Waals surface area (Å²) < 4.78 is 0. The van der Waals surface area contributed by atoms with E-state index in [2.05, 4.69) is 5.32 Å². The van der Waals surface area contributed by atoms with Crippen LogP contribution in [0.1, 0.15) is 20.3 Å². The monoisotopic (exact) mass is 228 g/mol. The van der Waals surface area contributed by atoms with Crippen molar-refractivity contribution in [3.8, 4) is 0 Å². The van der Waals surface area contributed by atoms with Gasteiger partial charge < -0.3 is 10.0 Å². The van der Waals surface area contributed by atoms with Gasteiger partial charge in [-0.15, -0.1) is 0 Å². The smallest absolute Gasteiger partial charge is 0.328 e. The lowest BCUT2D eigenvalue weighted by Crippen LogP contribution is -2.42. The van der Waals surface area contributed by atoms with Gasteiger partial charge in [0.2, 0.25) is 0 Å². The molecule has 0 saturated heterocycles. The quantitative estimate of drug-likeness (QED) is 0.674. The van der Waals surface area contributed by atoms with Gasteiger partial charge in [-0.2, -0.15) is 0 Å². The molecule has 16 heavy (non-hydrogen) atoms. The van der Waals surface area contributed by atoms with Gasteiger partial charge in [-0.1, -0.05) is 6.92 Å². The lowest BCUT2D eigenvalue weighted by Gasteiger charge is -2.19. The Morgan fingerprint density at radius 1 is 1.25 bits per heavy atom. The molecule has 0 spiro atoms. The van der Waals surface area contributed by atoms with Crippen LogP contribution in [0, 0.1) is 0 Å². The Morgan fingerprint density at radius 2 is 1.88 bits per heavy atom. The molecule has 6 heteroatoms. The van der Waals surface area contributed by atoms with Crippen LogP contribution in [0.15, 0.2) is 12.2 Å². The predicted octanol–water partition coefficient (Wildman–Crippen LogP) is 0.595. The van der Waals surface area contributed by atoms with Gasteiger partial charge in [-0.05, 0) is 13.3 Å². The molecule has 0 bridgehead atoms. The van der Waals surface area contributed by atoms with Crippen LogP contribution in [0.5, 0.6) is 0 Å². The zero-order valence-electron chi connectivity index (χ0n) is 9.40. The number of hydrogen-bond donors (Lipinski definition) is 2. The molecule has 90 valence electrons. The molecule has 0 saturated carbocycles. The van der Waals surface area contributed by atoms with Gasteiger partial charge in [-0.3, -0.25) is 10.1 Å². The molecule has 0 rings (SSSR count). The summed E-state index contributed by atoms with van der Waals surface area (Å²) >= 11 is 0. The number of carboxylic acids is 1. The number of nitrogens with zero attached hydrogens (tertiary/aromatic N) is 1. The molecule has 0 atom stereocenters. The summed E-state index contributed by atoms with van der Waals surface area (Å²) in [7, 11) is 0. The summed E-state index contributed by atoms with van der Waals surface area (Å²) in [4.78, 5) is 34.1. The molecule has 0 aromatic carbocycles.